The Labute approximate surface area is 156 Å². The van der Waals surface area contributed by atoms with Gasteiger partial charge in [-0.15, -0.1) is 0 Å². The maximum absolute atomic E-state index is 14.6. The minimum atomic E-state index is -0.835. The van der Waals surface area contributed by atoms with Gasteiger partial charge in [-0.1, -0.05) is 12.1 Å². The van der Waals surface area contributed by atoms with E-state index in [2.05, 4.69) is 14.9 Å². The molecule has 4 fully saturated rings. The van der Waals surface area contributed by atoms with Crippen LogP contribution in [0.25, 0.3) is 0 Å². The zero-order valence-corrected chi connectivity index (χ0v) is 14.8. The molecule has 5 nitrogen and oxygen atoms in total. The topological polar surface area (TPSA) is 49.3 Å². The molecule has 4 saturated heterocycles. The summed E-state index contributed by atoms with van der Waals surface area (Å²) in [4.78, 5) is 25.5. The van der Waals surface area contributed by atoms with Crippen molar-refractivity contribution >= 4 is 5.91 Å². The van der Waals surface area contributed by atoms with Crippen LogP contribution in [0, 0.1) is 17.6 Å². The quantitative estimate of drug-likeness (QED) is 0.815. The van der Waals surface area contributed by atoms with E-state index >= 15 is 0 Å². The predicted molar refractivity (Wildman–Crippen MR) is 94.0 cm³/mol. The van der Waals surface area contributed by atoms with Gasteiger partial charge in [0, 0.05) is 30.9 Å². The van der Waals surface area contributed by atoms with Crippen molar-refractivity contribution in [2.24, 2.45) is 5.92 Å². The Kier molecular flexibility index (Phi) is 3.93. The molecule has 4 aliphatic rings. The first-order valence-electron chi connectivity index (χ1n) is 9.40. The van der Waals surface area contributed by atoms with Gasteiger partial charge in [0.2, 0.25) is 0 Å². The lowest BCUT2D eigenvalue weighted by atomic mass is 9.75. The fourth-order valence-corrected chi connectivity index (χ4v) is 5.29. The fraction of sp³-hybridized carbons (Fsp3) is 0.450. The highest BCUT2D eigenvalue weighted by atomic mass is 19.2. The number of nitrogens with zero attached hydrogens (tertiary/aromatic N) is 4. The average Bonchev–Trinajstić information content (AvgIpc) is 3.14. The number of hydrogen-bond donors (Lipinski definition) is 0. The summed E-state index contributed by atoms with van der Waals surface area (Å²) in [5.74, 6) is -1.65. The molecule has 3 atom stereocenters. The van der Waals surface area contributed by atoms with Gasteiger partial charge in [0.15, 0.2) is 11.6 Å². The summed E-state index contributed by atoms with van der Waals surface area (Å²) in [6.07, 6.45) is 6.56. The van der Waals surface area contributed by atoms with Gasteiger partial charge in [-0.2, -0.15) is 0 Å². The molecule has 4 aliphatic heterocycles. The Morgan fingerprint density at radius 2 is 1.93 bits per heavy atom. The molecule has 0 N–H and O–H groups in total. The van der Waals surface area contributed by atoms with E-state index in [9.17, 15) is 13.6 Å². The molecule has 0 radical (unpaired) electrons. The van der Waals surface area contributed by atoms with Crippen molar-refractivity contribution in [1.29, 1.82) is 0 Å². The van der Waals surface area contributed by atoms with Gasteiger partial charge in [-0.25, -0.2) is 13.8 Å². The minimum Gasteiger partial charge on any atom is -0.332 e. The van der Waals surface area contributed by atoms with Gasteiger partial charge < -0.3 is 4.90 Å². The number of carbonyl (C=O) groups excluding carboxylic acids is 1. The number of piperidine rings is 3. The third-order valence-electron chi connectivity index (χ3n) is 6.42. The van der Waals surface area contributed by atoms with Crippen LogP contribution in [0.3, 0.4) is 0 Å². The molecule has 140 valence electrons. The average molecular weight is 370 g/mol. The van der Waals surface area contributed by atoms with E-state index in [1.165, 1.54) is 18.6 Å². The van der Waals surface area contributed by atoms with Crippen molar-refractivity contribution in [2.75, 3.05) is 19.6 Å². The van der Waals surface area contributed by atoms with Crippen LogP contribution in [0.2, 0.25) is 0 Å². The zero-order valence-electron chi connectivity index (χ0n) is 14.8. The molecule has 7 heteroatoms. The number of halogens is 2. The molecule has 2 aromatic rings. The Bertz CT molecular complexity index is 870. The van der Waals surface area contributed by atoms with E-state index in [1.807, 2.05) is 4.90 Å². The van der Waals surface area contributed by atoms with Gasteiger partial charge in [-0.3, -0.25) is 14.7 Å². The van der Waals surface area contributed by atoms with E-state index in [0.717, 1.165) is 32.0 Å². The molecule has 6 rings (SSSR count). The lowest BCUT2D eigenvalue weighted by molar-refractivity contribution is -0.00378. The van der Waals surface area contributed by atoms with Crippen molar-refractivity contribution in [2.45, 2.75) is 30.8 Å². The monoisotopic (exact) mass is 370 g/mol. The summed E-state index contributed by atoms with van der Waals surface area (Å²) >= 11 is 0. The Hall–Kier alpha value is -2.41. The first kappa shape index (κ1) is 16.7. The van der Waals surface area contributed by atoms with E-state index in [0.29, 0.717) is 23.7 Å². The SMILES string of the molecule is O=C(c1cnccn1)N1C[C@H](c2cccc(F)c2F)[C@@H]2[C@H]1C1CCN2CC1. The van der Waals surface area contributed by atoms with Crippen molar-refractivity contribution in [1.82, 2.24) is 19.8 Å². The summed E-state index contributed by atoms with van der Waals surface area (Å²) in [6.45, 7) is 2.27. The largest absolute Gasteiger partial charge is 0.332 e. The van der Waals surface area contributed by atoms with Gasteiger partial charge in [0.1, 0.15) is 5.69 Å². The molecule has 0 saturated carbocycles. The maximum atomic E-state index is 14.6. The zero-order chi connectivity index (χ0) is 18.5. The number of likely N-dealkylation sites (tertiary alicyclic amines) is 1. The number of carbonyl (C=O) groups is 1. The smallest absolute Gasteiger partial charge is 0.274 e. The van der Waals surface area contributed by atoms with E-state index in [1.54, 1.807) is 12.1 Å². The molecule has 1 amide bonds. The van der Waals surface area contributed by atoms with Crippen LogP contribution in [0.1, 0.15) is 34.8 Å². The maximum Gasteiger partial charge on any atom is 0.274 e. The molecular weight excluding hydrogens is 350 g/mol. The second kappa shape index (κ2) is 6.34. The predicted octanol–water partition coefficient (Wildman–Crippen LogP) is 2.46. The van der Waals surface area contributed by atoms with Gasteiger partial charge in [0.05, 0.1) is 12.2 Å². The second-order valence-electron chi connectivity index (χ2n) is 7.65. The molecule has 5 heterocycles. The van der Waals surface area contributed by atoms with Crippen molar-refractivity contribution in [3.63, 3.8) is 0 Å². The normalized spacial score (nSPS) is 31.8. The second-order valence-corrected chi connectivity index (χ2v) is 7.65. The molecule has 1 aromatic carbocycles. The lowest BCUT2D eigenvalue weighted by Crippen LogP contribution is -2.60. The third kappa shape index (κ3) is 2.56. The Morgan fingerprint density at radius 3 is 2.67 bits per heavy atom. The first-order chi connectivity index (χ1) is 13.1. The van der Waals surface area contributed by atoms with Crippen LogP contribution in [0.15, 0.2) is 36.8 Å². The van der Waals surface area contributed by atoms with Crippen LogP contribution < -0.4 is 0 Å². The van der Waals surface area contributed by atoms with Crippen LogP contribution in [-0.2, 0) is 0 Å². The Morgan fingerprint density at radius 1 is 1.11 bits per heavy atom. The Balaban J connectivity index is 1.56. The lowest BCUT2D eigenvalue weighted by Gasteiger charge is -2.51. The summed E-state index contributed by atoms with van der Waals surface area (Å²) in [5, 5.41) is 0. The summed E-state index contributed by atoms with van der Waals surface area (Å²) in [6, 6.07) is 4.37. The number of hydrogen-bond acceptors (Lipinski definition) is 4. The third-order valence-corrected chi connectivity index (χ3v) is 6.42. The molecule has 2 bridgehead atoms. The van der Waals surface area contributed by atoms with Gasteiger partial charge in [0.25, 0.3) is 5.91 Å². The molecule has 1 aromatic heterocycles. The van der Waals surface area contributed by atoms with E-state index in [4.69, 9.17) is 0 Å². The molecular formula is C20H20F2N4O. The highest BCUT2D eigenvalue weighted by molar-refractivity contribution is 5.92. The number of rotatable bonds is 2. The van der Waals surface area contributed by atoms with Crippen LogP contribution in [0.4, 0.5) is 8.78 Å². The molecule has 27 heavy (non-hydrogen) atoms. The van der Waals surface area contributed by atoms with Crippen molar-refractivity contribution in [3.05, 3.63) is 59.7 Å². The molecule has 0 unspecified atom stereocenters. The van der Waals surface area contributed by atoms with E-state index in [-0.39, 0.29) is 23.9 Å². The number of amides is 1. The van der Waals surface area contributed by atoms with Gasteiger partial charge >= 0.3 is 0 Å². The van der Waals surface area contributed by atoms with Gasteiger partial charge in [-0.05, 0) is 43.5 Å². The van der Waals surface area contributed by atoms with Crippen LogP contribution in [0.5, 0.6) is 0 Å². The van der Waals surface area contributed by atoms with E-state index < -0.39 is 11.6 Å². The van der Waals surface area contributed by atoms with Crippen LogP contribution >= 0.6 is 0 Å². The standard InChI is InChI=1S/C20H20F2N4O/c21-15-3-1-2-13(17(15)22)14-11-26(20(27)16-10-23-6-7-24-16)18-12-4-8-25(9-5-12)19(14)18/h1-3,6-7,10,12,14,18-19H,4-5,8-9,11H2/t14-,18-,19-/m1/s1. The highest BCUT2D eigenvalue weighted by Crippen LogP contribution is 2.47. The summed E-state index contributed by atoms with van der Waals surface area (Å²) < 4.78 is 28.5. The summed E-state index contributed by atoms with van der Waals surface area (Å²) in [5.41, 5.74) is 0.667. The van der Waals surface area contributed by atoms with Crippen molar-refractivity contribution in [3.8, 4) is 0 Å². The number of fused-ring (bicyclic) bond motifs is 2. The minimum absolute atomic E-state index is 0.00896. The first-order valence-corrected chi connectivity index (χ1v) is 9.40. The molecule has 0 aliphatic carbocycles. The van der Waals surface area contributed by atoms with Crippen LogP contribution in [-0.4, -0.2) is 57.4 Å². The number of benzene rings is 1. The van der Waals surface area contributed by atoms with Crippen molar-refractivity contribution < 1.29 is 13.6 Å². The fourth-order valence-electron chi connectivity index (χ4n) is 5.29. The highest BCUT2D eigenvalue weighted by Gasteiger charge is 2.55. The molecule has 0 spiro atoms. The summed E-state index contributed by atoms with van der Waals surface area (Å²) in [7, 11) is 0. The number of aromatic nitrogens is 2.